The summed E-state index contributed by atoms with van der Waals surface area (Å²) < 4.78 is 6.23. The van der Waals surface area contributed by atoms with Gasteiger partial charge in [0.05, 0.1) is 6.04 Å². The third-order valence-electron chi connectivity index (χ3n) is 8.48. The van der Waals surface area contributed by atoms with Gasteiger partial charge in [-0.25, -0.2) is 0 Å². The maximum atomic E-state index is 10.4. The van der Waals surface area contributed by atoms with Crippen molar-refractivity contribution in [3.63, 3.8) is 0 Å². The fraction of sp³-hybridized carbons (Fsp3) is 0.394. The molecule has 3 aromatic carbocycles. The number of phenolic OH excluding ortho intramolecular Hbond substituents is 2. The fourth-order valence-electron chi connectivity index (χ4n) is 6.25. The molecule has 198 valence electrons. The Morgan fingerprint density at radius 1 is 0.947 bits per heavy atom. The zero-order valence-electron chi connectivity index (χ0n) is 22.6. The van der Waals surface area contributed by atoms with Gasteiger partial charge in [-0.05, 0) is 110 Å². The van der Waals surface area contributed by atoms with E-state index in [2.05, 4.69) is 67.0 Å². The summed E-state index contributed by atoms with van der Waals surface area (Å²) in [5, 5.41) is 20.7. The van der Waals surface area contributed by atoms with Crippen molar-refractivity contribution in [3.8, 4) is 17.2 Å². The Balaban J connectivity index is 1.34. The fourth-order valence-corrected chi connectivity index (χ4v) is 6.25. The first kappa shape index (κ1) is 24.9. The first-order valence-corrected chi connectivity index (χ1v) is 14.0. The van der Waals surface area contributed by atoms with Crippen molar-refractivity contribution in [2.45, 2.75) is 58.2 Å². The SMILES string of the molecule is CC1=C(c2cccc(O)c2)C(c2ccc(OCC(C)N3CCC(C)C3)cc2)N(C2CC2)c2ccc(O)cc21. The second-order valence-electron chi connectivity index (χ2n) is 11.4. The van der Waals surface area contributed by atoms with Crippen molar-refractivity contribution in [3.05, 3.63) is 83.4 Å². The highest BCUT2D eigenvalue weighted by Gasteiger charge is 2.41. The van der Waals surface area contributed by atoms with Gasteiger partial charge in [0.1, 0.15) is 23.9 Å². The quantitative estimate of drug-likeness (QED) is 0.364. The van der Waals surface area contributed by atoms with E-state index < -0.39 is 0 Å². The summed E-state index contributed by atoms with van der Waals surface area (Å²) in [5.74, 6) is 2.19. The first-order chi connectivity index (χ1) is 18.4. The molecule has 2 aliphatic heterocycles. The molecule has 1 saturated carbocycles. The molecule has 1 saturated heterocycles. The van der Waals surface area contributed by atoms with Crippen molar-refractivity contribution < 1.29 is 14.9 Å². The molecule has 2 N–H and O–H groups in total. The van der Waals surface area contributed by atoms with Gasteiger partial charge in [-0.1, -0.05) is 31.2 Å². The van der Waals surface area contributed by atoms with E-state index in [0.29, 0.717) is 18.7 Å². The maximum absolute atomic E-state index is 10.4. The summed E-state index contributed by atoms with van der Waals surface area (Å²) in [5.41, 5.74) is 6.69. The molecule has 3 atom stereocenters. The molecule has 1 aliphatic carbocycles. The second kappa shape index (κ2) is 10.0. The van der Waals surface area contributed by atoms with Crippen LogP contribution in [0.2, 0.25) is 0 Å². The number of ether oxygens (including phenoxy) is 1. The molecule has 2 fully saturated rings. The van der Waals surface area contributed by atoms with Gasteiger partial charge in [-0.2, -0.15) is 0 Å². The second-order valence-corrected chi connectivity index (χ2v) is 11.4. The number of benzene rings is 3. The molecule has 0 spiro atoms. The minimum atomic E-state index is 0.000374. The van der Waals surface area contributed by atoms with Crippen molar-refractivity contribution in [2.24, 2.45) is 5.92 Å². The Labute approximate surface area is 226 Å². The summed E-state index contributed by atoms with van der Waals surface area (Å²) in [6.45, 7) is 9.72. The topological polar surface area (TPSA) is 56.2 Å². The largest absolute Gasteiger partial charge is 0.508 e. The number of likely N-dealkylation sites (tertiary alicyclic amines) is 1. The summed E-state index contributed by atoms with van der Waals surface area (Å²) in [6.07, 6.45) is 3.57. The van der Waals surface area contributed by atoms with Crippen LogP contribution in [0.1, 0.15) is 62.8 Å². The zero-order valence-corrected chi connectivity index (χ0v) is 22.6. The van der Waals surface area contributed by atoms with E-state index in [1.54, 1.807) is 12.1 Å². The lowest BCUT2D eigenvalue weighted by Gasteiger charge is -2.42. The minimum absolute atomic E-state index is 0.000374. The molecule has 0 aromatic heterocycles. The zero-order chi connectivity index (χ0) is 26.4. The number of nitrogens with zero attached hydrogens (tertiary/aromatic N) is 2. The van der Waals surface area contributed by atoms with Gasteiger partial charge in [0.25, 0.3) is 0 Å². The van der Waals surface area contributed by atoms with Gasteiger partial charge in [0.2, 0.25) is 0 Å². The predicted octanol–water partition coefficient (Wildman–Crippen LogP) is 6.86. The van der Waals surface area contributed by atoms with Gasteiger partial charge in [0.15, 0.2) is 0 Å². The Morgan fingerprint density at radius 3 is 2.39 bits per heavy atom. The lowest BCUT2D eigenvalue weighted by Crippen LogP contribution is -2.35. The Morgan fingerprint density at radius 2 is 1.71 bits per heavy atom. The molecule has 6 rings (SSSR count). The van der Waals surface area contributed by atoms with Gasteiger partial charge in [-0.15, -0.1) is 0 Å². The van der Waals surface area contributed by atoms with Crippen molar-refractivity contribution in [1.82, 2.24) is 4.90 Å². The molecule has 3 unspecified atom stereocenters. The molecule has 5 nitrogen and oxygen atoms in total. The number of phenols is 2. The standard InChI is InChI=1S/C33H38N2O3/c1-21-15-16-34(19-21)22(2)20-38-29-12-7-24(8-13-29)33-32(25-5-4-6-27(36)17-25)23(3)30-18-28(37)11-14-31(30)35(33)26-9-10-26/h4-8,11-14,17-18,21-22,26,33,36-37H,9-10,15-16,19-20H2,1-3H3. The van der Waals surface area contributed by atoms with Crippen LogP contribution in [0.5, 0.6) is 17.2 Å². The van der Waals surface area contributed by atoms with E-state index in [0.717, 1.165) is 65.6 Å². The number of hydrogen-bond acceptors (Lipinski definition) is 5. The summed E-state index contributed by atoms with van der Waals surface area (Å²) >= 11 is 0. The molecule has 2 heterocycles. The molecular formula is C33H38N2O3. The molecule has 0 radical (unpaired) electrons. The average Bonchev–Trinajstić information content (AvgIpc) is 3.66. The van der Waals surface area contributed by atoms with Crippen LogP contribution in [0.4, 0.5) is 5.69 Å². The van der Waals surface area contributed by atoms with Crippen LogP contribution in [0.3, 0.4) is 0 Å². The predicted molar refractivity (Wildman–Crippen MR) is 154 cm³/mol. The molecule has 3 aliphatic rings. The van der Waals surface area contributed by atoms with Crippen LogP contribution >= 0.6 is 0 Å². The van der Waals surface area contributed by atoms with E-state index in [1.165, 1.54) is 12.0 Å². The first-order valence-electron chi connectivity index (χ1n) is 14.0. The Bertz CT molecular complexity index is 1340. The lowest BCUT2D eigenvalue weighted by molar-refractivity contribution is 0.169. The highest BCUT2D eigenvalue weighted by Crippen LogP contribution is 2.53. The number of aromatic hydroxyl groups is 2. The minimum Gasteiger partial charge on any atom is -0.508 e. The molecular weight excluding hydrogens is 472 g/mol. The molecule has 5 heteroatoms. The van der Waals surface area contributed by atoms with Gasteiger partial charge >= 0.3 is 0 Å². The monoisotopic (exact) mass is 510 g/mol. The lowest BCUT2D eigenvalue weighted by atomic mass is 9.81. The van der Waals surface area contributed by atoms with Crippen LogP contribution in [-0.4, -0.2) is 46.9 Å². The normalized spacial score (nSPS) is 22.4. The number of hydrogen-bond donors (Lipinski definition) is 2. The third-order valence-corrected chi connectivity index (χ3v) is 8.48. The summed E-state index contributed by atoms with van der Waals surface area (Å²) in [6, 6.07) is 22.7. The molecule has 3 aromatic rings. The van der Waals surface area contributed by atoms with Gasteiger partial charge in [-0.3, -0.25) is 4.90 Å². The van der Waals surface area contributed by atoms with Crippen LogP contribution in [0.25, 0.3) is 11.1 Å². The average molecular weight is 511 g/mol. The highest BCUT2D eigenvalue weighted by atomic mass is 16.5. The van der Waals surface area contributed by atoms with Crippen LogP contribution in [0.15, 0.2) is 66.7 Å². The Kier molecular flexibility index (Phi) is 6.56. The van der Waals surface area contributed by atoms with Gasteiger partial charge in [0, 0.05) is 29.9 Å². The van der Waals surface area contributed by atoms with Crippen LogP contribution in [0, 0.1) is 5.92 Å². The van der Waals surface area contributed by atoms with Crippen molar-refractivity contribution in [2.75, 3.05) is 24.6 Å². The Hall–Kier alpha value is -3.44. The van der Waals surface area contributed by atoms with Crippen LogP contribution in [-0.2, 0) is 0 Å². The van der Waals surface area contributed by atoms with E-state index >= 15 is 0 Å². The number of allylic oxidation sites excluding steroid dienone is 1. The van der Waals surface area contributed by atoms with Crippen molar-refractivity contribution in [1.29, 1.82) is 0 Å². The third kappa shape index (κ3) is 4.76. The summed E-state index contributed by atoms with van der Waals surface area (Å²) in [7, 11) is 0. The van der Waals surface area contributed by atoms with Crippen LogP contribution < -0.4 is 9.64 Å². The van der Waals surface area contributed by atoms with E-state index in [4.69, 9.17) is 4.74 Å². The van der Waals surface area contributed by atoms with E-state index in [-0.39, 0.29) is 17.5 Å². The number of fused-ring (bicyclic) bond motifs is 1. The number of anilines is 1. The summed E-state index contributed by atoms with van der Waals surface area (Å²) in [4.78, 5) is 5.05. The van der Waals surface area contributed by atoms with Gasteiger partial charge < -0.3 is 19.8 Å². The smallest absolute Gasteiger partial charge is 0.119 e. The van der Waals surface area contributed by atoms with Crippen molar-refractivity contribution >= 4 is 16.8 Å². The molecule has 0 bridgehead atoms. The van der Waals surface area contributed by atoms with E-state index in [1.807, 2.05) is 18.2 Å². The van der Waals surface area contributed by atoms with E-state index in [9.17, 15) is 10.2 Å². The molecule has 0 amide bonds. The number of rotatable bonds is 7. The molecule has 38 heavy (non-hydrogen) atoms. The highest BCUT2D eigenvalue weighted by molar-refractivity contribution is 6.01. The maximum Gasteiger partial charge on any atom is 0.119 e.